The lowest BCUT2D eigenvalue weighted by Crippen LogP contribution is -1.86. The molecule has 96 valence electrons. The molecule has 0 saturated carbocycles. The molecule has 0 spiro atoms. The van der Waals surface area contributed by atoms with Crippen LogP contribution in [0.25, 0.3) is 22.3 Å². The summed E-state index contributed by atoms with van der Waals surface area (Å²) in [6.45, 7) is 0. The molecule has 0 atom stereocenters. The molecule has 0 amide bonds. The van der Waals surface area contributed by atoms with E-state index in [1.807, 2.05) is 6.07 Å². The van der Waals surface area contributed by atoms with Gasteiger partial charge in [0, 0.05) is 17.5 Å². The van der Waals surface area contributed by atoms with Gasteiger partial charge in [-0.25, -0.2) is 0 Å². The number of benzene rings is 2. The number of furan rings is 1. The minimum atomic E-state index is 0.134. The van der Waals surface area contributed by atoms with Crippen molar-refractivity contribution < 1.29 is 19.4 Å². The topological polar surface area (TPSA) is 62.8 Å². The number of hydrogen-bond acceptors (Lipinski definition) is 4. The maximum Gasteiger partial charge on any atom is 0.139 e. The first kappa shape index (κ1) is 11.5. The van der Waals surface area contributed by atoms with Gasteiger partial charge in [-0.05, 0) is 30.3 Å². The van der Waals surface area contributed by atoms with Crippen LogP contribution in [-0.4, -0.2) is 17.3 Å². The summed E-state index contributed by atoms with van der Waals surface area (Å²) < 4.78 is 10.9. The van der Waals surface area contributed by atoms with E-state index >= 15 is 0 Å². The molecule has 0 aliphatic carbocycles. The first-order chi connectivity index (χ1) is 9.17. The number of aromatic hydroxyl groups is 2. The van der Waals surface area contributed by atoms with E-state index in [-0.39, 0.29) is 11.5 Å². The first-order valence-electron chi connectivity index (χ1n) is 5.77. The number of methoxy groups -OCH3 is 1. The van der Waals surface area contributed by atoms with Crippen molar-refractivity contribution in [2.24, 2.45) is 0 Å². The predicted molar refractivity (Wildman–Crippen MR) is 71.5 cm³/mol. The third-order valence-corrected chi connectivity index (χ3v) is 2.95. The average molecular weight is 256 g/mol. The Labute approximate surface area is 109 Å². The standard InChI is InChI=1S/C15H12O4/c1-18-14-8-11(17)4-5-12(14)15-6-9-2-3-10(16)7-13(9)19-15/h2-8,16-17H,1H3. The summed E-state index contributed by atoms with van der Waals surface area (Å²) in [4.78, 5) is 0. The van der Waals surface area contributed by atoms with Gasteiger partial charge in [0.25, 0.3) is 0 Å². The van der Waals surface area contributed by atoms with Gasteiger partial charge in [0.1, 0.15) is 28.6 Å². The summed E-state index contributed by atoms with van der Waals surface area (Å²) in [6, 6.07) is 11.6. The molecule has 0 aliphatic rings. The molecule has 0 unspecified atom stereocenters. The van der Waals surface area contributed by atoms with Gasteiger partial charge in [-0.1, -0.05) is 0 Å². The quantitative estimate of drug-likeness (QED) is 0.736. The molecule has 19 heavy (non-hydrogen) atoms. The van der Waals surface area contributed by atoms with Crippen LogP contribution in [0.2, 0.25) is 0 Å². The number of fused-ring (bicyclic) bond motifs is 1. The SMILES string of the molecule is COc1cc(O)ccc1-c1cc2ccc(O)cc2o1. The van der Waals surface area contributed by atoms with Crippen molar-refractivity contribution in [3.8, 4) is 28.6 Å². The zero-order chi connectivity index (χ0) is 13.4. The van der Waals surface area contributed by atoms with Crippen LogP contribution in [0.3, 0.4) is 0 Å². The fourth-order valence-corrected chi connectivity index (χ4v) is 2.04. The van der Waals surface area contributed by atoms with E-state index in [0.29, 0.717) is 17.1 Å². The molecule has 4 heteroatoms. The van der Waals surface area contributed by atoms with Gasteiger partial charge in [-0.15, -0.1) is 0 Å². The summed E-state index contributed by atoms with van der Waals surface area (Å²) in [5.74, 6) is 1.45. The summed E-state index contributed by atoms with van der Waals surface area (Å²) in [6.07, 6.45) is 0. The highest BCUT2D eigenvalue weighted by Gasteiger charge is 2.12. The lowest BCUT2D eigenvalue weighted by atomic mass is 10.1. The Kier molecular flexibility index (Phi) is 2.56. The van der Waals surface area contributed by atoms with Crippen LogP contribution in [0, 0.1) is 0 Å². The Morgan fingerprint density at radius 3 is 2.47 bits per heavy atom. The highest BCUT2D eigenvalue weighted by atomic mass is 16.5. The second-order valence-corrected chi connectivity index (χ2v) is 4.22. The van der Waals surface area contributed by atoms with Crippen LogP contribution in [0.1, 0.15) is 0 Å². The second-order valence-electron chi connectivity index (χ2n) is 4.22. The lowest BCUT2D eigenvalue weighted by molar-refractivity contribution is 0.408. The Morgan fingerprint density at radius 1 is 0.947 bits per heavy atom. The van der Waals surface area contributed by atoms with Crippen LogP contribution in [0.15, 0.2) is 46.9 Å². The smallest absolute Gasteiger partial charge is 0.139 e. The first-order valence-corrected chi connectivity index (χ1v) is 5.77. The Hall–Kier alpha value is -2.62. The number of phenolic OH excluding ortho intramolecular Hbond substituents is 2. The zero-order valence-electron chi connectivity index (χ0n) is 10.3. The fraction of sp³-hybridized carbons (Fsp3) is 0.0667. The lowest BCUT2D eigenvalue weighted by Gasteiger charge is -2.06. The number of phenols is 2. The molecule has 0 saturated heterocycles. The molecule has 0 fully saturated rings. The van der Waals surface area contributed by atoms with Gasteiger partial charge in [-0.2, -0.15) is 0 Å². The molecule has 0 radical (unpaired) electrons. The minimum Gasteiger partial charge on any atom is -0.508 e. The van der Waals surface area contributed by atoms with Crippen LogP contribution < -0.4 is 4.74 Å². The van der Waals surface area contributed by atoms with E-state index in [0.717, 1.165) is 10.9 Å². The molecular weight excluding hydrogens is 244 g/mol. The van der Waals surface area contributed by atoms with Crippen LogP contribution in [0.4, 0.5) is 0 Å². The van der Waals surface area contributed by atoms with Crippen molar-refractivity contribution in [1.82, 2.24) is 0 Å². The molecule has 3 aromatic rings. The number of ether oxygens (including phenoxy) is 1. The van der Waals surface area contributed by atoms with Gasteiger partial charge >= 0.3 is 0 Å². The summed E-state index contributed by atoms with van der Waals surface area (Å²) >= 11 is 0. The van der Waals surface area contributed by atoms with E-state index in [1.54, 1.807) is 30.3 Å². The van der Waals surface area contributed by atoms with Crippen LogP contribution >= 0.6 is 0 Å². The predicted octanol–water partition coefficient (Wildman–Crippen LogP) is 3.52. The average Bonchev–Trinajstić information content (AvgIpc) is 2.81. The molecule has 1 aromatic heterocycles. The monoisotopic (exact) mass is 256 g/mol. The number of rotatable bonds is 2. The Morgan fingerprint density at radius 2 is 1.68 bits per heavy atom. The highest BCUT2D eigenvalue weighted by molar-refractivity contribution is 5.85. The van der Waals surface area contributed by atoms with Gasteiger partial charge < -0.3 is 19.4 Å². The summed E-state index contributed by atoms with van der Waals surface area (Å²) in [7, 11) is 1.53. The van der Waals surface area contributed by atoms with Gasteiger partial charge in [0.2, 0.25) is 0 Å². The van der Waals surface area contributed by atoms with Crippen LogP contribution in [0.5, 0.6) is 17.2 Å². The zero-order valence-corrected chi connectivity index (χ0v) is 10.3. The van der Waals surface area contributed by atoms with Crippen molar-refractivity contribution in [3.05, 3.63) is 42.5 Å². The van der Waals surface area contributed by atoms with Crippen molar-refractivity contribution in [2.45, 2.75) is 0 Å². The van der Waals surface area contributed by atoms with E-state index in [9.17, 15) is 10.2 Å². The van der Waals surface area contributed by atoms with Crippen molar-refractivity contribution in [2.75, 3.05) is 7.11 Å². The van der Waals surface area contributed by atoms with Gasteiger partial charge in [0.05, 0.1) is 12.7 Å². The summed E-state index contributed by atoms with van der Waals surface area (Å²) in [5.41, 5.74) is 1.35. The molecule has 1 heterocycles. The van der Waals surface area contributed by atoms with Crippen molar-refractivity contribution in [3.63, 3.8) is 0 Å². The molecule has 0 aliphatic heterocycles. The fourth-order valence-electron chi connectivity index (χ4n) is 2.04. The molecule has 2 N–H and O–H groups in total. The van der Waals surface area contributed by atoms with Crippen LogP contribution in [-0.2, 0) is 0 Å². The maximum atomic E-state index is 9.45. The van der Waals surface area contributed by atoms with E-state index < -0.39 is 0 Å². The molecule has 0 bridgehead atoms. The largest absolute Gasteiger partial charge is 0.508 e. The highest BCUT2D eigenvalue weighted by Crippen LogP contribution is 2.36. The minimum absolute atomic E-state index is 0.134. The summed E-state index contributed by atoms with van der Waals surface area (Å²) in [5, 5.41) is 19.8. The third-order valence-electron chi connectivity index (χ3n) is 2.95. The van der Waals surface area contributed by atoms with Crippen molar-refractivity contribution in [1.29, 1.82) is 0 Å². The second kappa shape index (κ2) is 4.24. The van der Waals surface area contributed by atoms with Crippen molar-refractivity contribution >= 4 is 11.0 Å². The van der Waals surface area contributed by atoms with E-state index in [4.69, 9.17) is 9.15 Å². The molecule has 2 aromatic carbocycles. The van der Waals surface area contributed by atoms with E-state index in [2.05, 4.69) is 0 Å². The molecular formula is C15H12O4. The van der Waals surface area contributed by atoms with Gasteiger partial charge in [-0.3, -0.25) is 0 Å². The number of hydrogen-bond donors (Lipinski definition) is 2. The van der Waals surface area contributed by atoms with Gasteiger partial charge in [0.15, 0.2) is 0 Å². The maximum absolute atomic E-state index is 9.45. The Balaban J connectivity index is 2.18. The van der Waals surface area contributed by atoms with E-state index in [1.165, 1.54) is 13.2 Å². The normalized spacial score (nSPS) is 10.8. The Bertz CT molecular complexity index is 743. The molecule has 3 rings (SSSR count). The molecule has 4 nitrogen and oxygen atoms in total. The third kappa shape index (κ3) is 1.97.